The first-order chi connectivity index (χ1) is 10.7. The van der Waals surface area contributed by atoms with Crippen molar-refractivity contribution in [3.05, 3.63) is 12.0 Å². The molecule has 1 unspecified atom stereocenters. The largest absolute Gasteiger partial charge is 0.394 e. The van der Waals surface area contributed by atoms with Crippen molar-refractivity contribution in [2.75, 3.05) is 18.9 Å². The van der Waals surface area contributed by atoms with E-state index in [9.17, 15) is 10.2 Å². The SMILES string of the molecule is NCCCc1nn(C2C[C@H](O)[C@@H](CO)O2)c2ncnc(N)c12. The Labute approximate surface area is 126 Å². The van der Waals surface area contributed by atoms with Gasteiger partial charge in [-0.2, -0.15) is 5.10 Å². The molecule has 2 aromatic heterocycles. The molecule has 6 N–H and O–H groups in total. The number of ether oxygens (including phenoxy) is 1. The normalized spacial score (nSPS) is 25.1. The van der Waals surface area contributed by atoms with Gasteiger partial charge in [-0.05, 0) is 19.4 Å². The van der Waals surface area contributed by atoms with Gasteiger partial charge in [0.15, 0.2) is 11.9 Å². The van der Waals surface area contributed by atoms with Crippen LogP contribution in [0.15, 0.2) is 6.33 Å². The van der Waals surface area contributed by atoms with Gasteiger partial charge in [-0.15, -0.1) is 0 Å². The quantitative estimate of drug-likeness (QED) is 0.547. The van der Waals surface area contributed by atoms with Crippen molar-refractivity contribution >= 4 is 16.9 Å². The molecule has 0 aliphatic carbocycles. The van der Waals surface area contributed by atoms with E-state index in [-0.39, 0.29) is 6.61 Å². The van der Waals surface area contributed by atoms with Crippen molar-refractivity contribution in [2.24, 2.45) is 5.73 Å². The molecule has 0 radical (unpaired) electrons. The van der Waals surface area contributed by atoms with Crippen molar-refractivity contribution in [1.29, 1.82) is 0 Å². The monoisotopic (exact) mass is 308 g/mol. The molecule has 0 aromatic carbocycles. The number of fused-ring (bicyclic) bond motifs is 1. The average Bonchev–Trinajstić information content (AvgIpc) is 3.06. The molecule has 1 fully saturated rings. The molecule has 0 bridgehead atoms. The Balaban J connectivity index is 2.01. The van der Waals surface area contributed by atoms with Crippen molar-refractivity contribution in [1.82, 2.24) is 19.7 Å². The number of aliphatic hydroxyl groups excluding tert-OH is 2. The van der Waals surface area contributed by atoms with E-state index in [0.717, 1.165) is 12.1 Å². The van der Waals surface area contributed by atoms with Gasteiger partial charge in [-0.1, -0.05) is 0 Å². The number of nitrogen functional groups attached to an aromatic ring is 1. The molecule has 1 aliphatic heterocycles. The van der Waals surface area contributed by atoms with Crippen LogP contribution in [-0.2, 0) is 11.2 Å². The van der Waals surface area contributed by atoms with Crippen LogP contribution in [0.25, 0.3) is 11.0 Å². The molecule has 3 atom stereocenters. The number of aliphatic hydroxyl groups is 2. The van der Waals surface area contributed by atoms with Gasteiger partial charge in [-0.25, -0.2) is 14.6 Å². The Morgan fingerprint density at radius 3 is 2.91 bits per heavy atom. The standard InChI is InChI=1S/C13H20N6O3/c14-3-1-2-7-11-12(15)16-6-17-13(11)19(18-7)10-4-8(21)9(5-20)22-10/h6,8-10,20-21H,1-5,14H2,(H2,15,16,17)/t8-,9+,10?/m0/s1. The number of aromatic nitrogens is 4. The first-order valence-corrected chi connectivity index (χ1v) is 7.27. The van der Waals surface area contributed by atoms with Gasteiger partial charge in [0.1, 0.15) is 18.2 Å². The molecular weight excluding hydrogens is 288 g/mol. The summed E-state index contributed by atoms with van der Waals surface area (Å²) >= 11 is 0. The summed E-state index contributed by atoms with van der Waals surface area (Å²) in [7, 11) is 0. The average molecular weight is 308 g/mol. The van der Waals surface area contributed by atoms with E-state index in [2.05, 4.69) is 15.1 Å². The molecule has 2 aromatic rings. The van der Waals surface area contributed by atoms with E-state index in [0.29, 0.717) is 36.2 Å². The number of anilines is 1. The van der Waals surface area contributed by atoms with Crippen molar-refractivity contribution in [3.63, 3.8) is 0 Å². The molecule has 0 saturated carbocycles. The summed E-state index contributed by atoms with van der Waals surface area (Å²) < 4.78 is 7.26. The lowest BCUT2D eigenvalue weighted by Crippen LogP contribution is -2.24. The summed E-state index contributed by atoms with van der Waals surface area (Å²) in [5.74, 6) is 0.362. The van der Waals surface area contributed by atoms with Crippen LogP contribution >= 0.6 is 0 Å². The van der Waals surface area contributed by atoms with Gasteiger partial charge in [0.25, 0.3) is 0 Å². The van der Waals surface area contributed by atoms with E-state index >= 15 is 0 Å². The second-order valence-corrected chi connectivity index (χ2v) is 5.36. The van der Waals surface area contributed by atoms with E-state index in [1.807, 2.05) is 0 Å². The summed E-state index contributed by atoms with van der Waals surface area (Å²) in [6, 6.07) is 0. The smallest absolute Gasteiger partial charge is 0.166 e. The van der Waals surface area contributed by atoms with Crippen LogP contribution < -0.4 is 11.5 Å². The lowest BCUT2D eigenvalue weighted by atomic mass is 10.2. The van der Waals surface area contributed by atoms with E-state index < -0.39 is 18.4 Å². The molecule has 1 saturated heterocycles. The first-order valence-electron chi connectivity index (χ1n) is 7.27. The minimum absolute atomic E-state index is 0.242. The topological polar surface area (TPSA) is 145 Å². The van der Waals surface area contributed by atoms with Crippen LogP contribution in [0.2, 0.25) is 0 Å². The molecule has 3 rings (SSSR count). The highest BCUT2D eigenvalue weighted by molar-refractivity contribution is 5.88. The number of nitrogens with zero attached hydrogens (tertiary/aromatic N) is 4. The predicted molar refractivity (Wildman–Crippen MR) is 78.7 cm³/mol. The number of hydrogen-bond acceptors (Lipinski definition) is 8. The van der Waals surface area contributed by atoms with Gasteiger partial charge in [0.2, 0.25) is 0 Å². The Bertz CT molecular complexity index is 661. The maximum absolute atomic E-state index is 9.90. The highest BCUT2D eigenvalue weighted by Gasteiger charge is 2.36. The van der Waals surface area contributed by atoms with Crippen LogP contribution in [-0.4, -0.2) is 55.3 Å². The Hall–Kier alpha value is -1.81. The first kappa shape index (κ1) is 15.1. The van der Waals surface area contributed by atoms with Crippen molar-refractivity contribution in [2.45, 2.75) is 37.7 Å². The van der Waals surface area contributed by atoms with Crippen molar-refractivity contribution in [3.8, 4) is 0 Å². The second kappa shape index (κ2) is 6.13. The zero-order valence-corrected chi connectivity index (χ0v) is 12.1. The molecule has 9 nitrogen and oxygen atoms in total. The summed E-state index contributed by atoms with van der Waals surface area (Å²) in [6.45, 7) is 0.307. The third-order valence-corrected chi connectivity index (χ3v) is 3.87. The summed E-state index contributed by atoms with van der Waals surface area (Å²) in [5, 5.41) is 24.3. The minimum atomic E-state index is -0.735. The second-order valence-electron chi connectivity index (χ2n) is 5.36. The fourth-order valence-electron chi connectivity index (χ4n) is 2.74. The predicted octanol–water partition coefficient (Wildman–Crippen LogP) is -1.06. The Morgan fingerprint density at radius 2 is 2.23 bits per heavy atom. The molecule has 120 valence electrons. The fourth-order valence-corrected chi connectivity index (χ4v) is 2.74. The van der Waals surface area contributed by atoms with E-state index in [1.54, 1.807) is 4.68 Å². The van der Waals surface area contributed by atoms with Crippen LogP contribution in [0.4, 0.5) is 5.82 Å². The Kier molecular flexibility index (Phi) is 4.21. The van der Waals surface area contributed by atoms with Crippen LogP contribution in [0, 0.1) is 0 Å². The molecule has 1 aliphatic rings. The summed E-state index contributed by atoms with van der Waals surface area (Å²) in [5.41, 5.74) is 12.8. The lowest BCUT2D eigenvalue weighted by Gasteiger charge is -2.12. The highest BCUT2D eigenvalue weighted by Crippen LogP contribution is 2.32. The van der Waals surface area contributed by atoms with Gasteiger partial charge in [0.05, 0.1) is 23.8 Å². The maximum atomic E-state index is 9.90. The van der Waals surface area contributed by atoms with Crippen molar-refractivity contribution < 1.29 is 14.9 Å². The molecule has 9 heteroatoms. The van der Waals surface area contributed by atoms with E-state index in [4.69, 9.17) is 16.2 Å². The number of nitrogens with two attached hydrogens (primary N) is 2. The van der Waals surface area contributed by atoms with Gasteiger partial charge in [0, 0.05) is 6.42 Å². The highest BCUT2D eigenvalue weighted by atomic mass is 16.5. The molecule has 0 amide bonds. The summed E-state index contributed by atoms with van der Waals surface area (Å²) in [4.78, 5) is 8.26. The number of rotatable bonds is 5. The minimum Gasteiger partial charge on any atom is -0.394 e. The summed E-state index contributed by atoms with van der Waals surface area (Å²) in [6.07, 6.45) is 1.30. The number of hydrogen-bond donors (Lipinski definition) is 4. The van der Waals surface area contributed by atoms with E-state index in [1.165, 1.54) is 6.33 Å². The fraction of sp³-hybridized carbons (Fsp3) is 0.615. The van der Waals surface area contributed by atoms with Crippen LogP contribution in [0.1, 0.15) is 24.8 Å². The third kappa shape index (κ3) is 2.52. The van der Waals surface area contributed by atoms with Gasteiger partial charge in [-0.3, -0.25) is 0 Å². The van der Waals surface area contributed by atoms with Gasteiger partial charge < -0.3 is 26.4 Å². The third-order valence-electron chi connectivity index (χ3n) is 3.87. The Morgan fingerprint density at radius 1 is 1.41 bits per heavy atom. The maximum Gasteiger partial charge on any atom is 0.166 e. The molecule has 3 heterocycles. The zero-order valence-electron chi connectivity index (χ0n) is 12.1. The lowest BCUT2D eigenvalue weighted by molar-refractivity contribution is -0.0471. The van der Waals surface area contributed by atoms with Gasteiger partial charge >= 0.3 is 0 Å². The van der Waals surface area contributed by atoms with Crippen LogP contribution in [0.5, 0.6) is 0 Å². The van der Waals surface area contributed by atoms with Crippen LogP contribution in [0.3, 0.4) is 0 Å². The molecule has 0 spiro atoms. The molecular formula is C13H20N6O3. The number of aryl methyl sites for hydroxylation is 1. The zero-order chi connectivity index (χ0) is 15.7. The molecule has 22 heavy (non-hydrogen) atoms.